The van der Waals surface area contributed by atoms with Crippen LogP contribution in [0.1, 0.15) is 16.7 Å². The van der Waals surface area contributed by atoms with Crippen molar-refractivity contribution in [1.29, 1.82) is 0 Å². The van der Waals surface area contributed by atoms with Gasteiger partial charge in [-0.3, -0.25) is 0 Å². The summed E-state index contributed by atoms with van der Waals surface area (Å²) >= 11 is 0. The molecule has 0 aliphatic carbocycles. The number of halogens is 3. The molecule has 0 radical (unpaired) electrons. The van der Waals surface area contributed by atoms with E-state index in [2.05, 4.69) is 4.98 Å². The molecule has 0 unspecified atom stereocenters. The number of hydrogen-bond acceptors (Lipinski definition) is 2. The van der Waals surface area contributed by atoms with Gasteiger partial charge in [0.2, 0.25) is 5.89 Å². The first-order valence-electron chi connectivity index (χ1n) is 9.07. The predicted octanol–water partition coefficient (Wildman–Crippen LogP) is 5.67. The highest BCUT2D eigenvalue weighted by Gasteiger charge is 2.30. The summed E-state index contributed by atoms with van der Waals surface area (Å²) in [7, 11) is 0. The molecule has 4 aromatic rings. The van der Waals surface area contributed by atoms with Gasteiger partial charge < -0.3 is 4.42 Å². The molecule has 0 saturated carbocycles. The average Bonchev–Trinajstić information content (AvgIpc) is 3.19. The van der Waals surface area contributed by atoms with Crippen molar-refractivity contribution in [3.05, 3.63) is 95.9 Å². The van der Waals surface area contributed by atoms with Crippen molar-refractivity contribution in [2.45, 2.75) is 19.6 Å². The summed E-state index contributed by atoms with van der Waals surface area (Å²) < 4.78 is 45.9. The zero-order valence-corrected chi connectivity index (χ0v) is 15.6. The molecule has 0 saturated heterocycles. The smallest absolute Gasteiger partial charge is 0.416 e. The predicted molar refractivity (Wildman–Crippen MR) is 103 cm³/mol. The van der Waals surface area contributed by atoms with Crippen molar-refractivity contribution in [1.82, 2.24) is 4.98 Å². The molecule has 3 nitrogen and oxygen atoms in total. The molecule has 6 heteroatoms. The number of aromatic nitrogens is 2. The Kier molecular flexibility index (Phi) is 4.92. The molecule has 0 aliphatic rings. The van der Waals surface area contributed by atoms with E-state index in [-0.39, 0.29) is 0 Å². The Morgan fingerprint density at radius 3 is 2.34 bits per heavy atom. The van der Waals surface area contributed by atoms with Gasteiger partial charge >= 0.3 is 6.18 Å². The van der Waals surface area contributed by atoms with Crippen molar-refractivity contribution in [3.63, 3.8) is 0 Å². The third-order valence-electron chi connectivity index (χ3n) is 4.59. The van der Waals surface area contributed by atoms with Gasteiger partial charge in [0.05, 0.1) is 11.8 Å². The minimum atomic E-state index is -4.33. The van der Waals surface area contributed by atoms with Crippen LogP contribution in [0.2, 0.25) is 0 Å². The molecular formula is C23H18F3N2O+. The fourth-order valence-electron chi connectivity index (χ4n) is 3.02. The summed E-state index contributed by atoms with van der Waals surface area (Å²) in [6.07, 6.45) is 1.08. The van der Waals surface area contributed by atoms with E-state index in [1.54, 1.807) is 6.20 Å². The van der Waals surface area contributed by atoms with Gasteiger partial charge in [-0.25, -0.2) is 4.98 Å². The summed E-state index contributed by atoms with van der Waals surface area (Å²) in [4.78, 5) is 4.37. The first-order valence-corrected chi connectivity index (χ1v) is 9.07. The minimum absolute atomic E-state index is 0.442. The van der Waals surface area contributed by atoms with E-state index in [4.69, 9.17) is 4.42 Å². The average molecular weight is 395 g/mol. The number of hydrogen-bond donors (Lipinski definition) is 0. The topological polar surface area (TPSA) is 29.9 Å². The number of oxazole rings is 1. The molecule has 0 aliphatic heterocycles. The molecule has 0 atom stereocenters. The van der Waals surface area contributed by atoms with E-state index >= 15 is 0 Å². The van der Waals surface area contributed by atoms with Gasteiger partial charge in [0.1, 0.15) is 5.56 Å². The Bertz CT molecular complexity index is 1110. The summed E-state index contributed by atoms with van der Waals surface area (Å²) in [6, 6.07) is 16.9. The molecule has 0 fully saturated rings. The van der Waals surface area contributed by atoms with Crippen LogP contribution in [-0.4, -0.2) is 4.98 Å². The van der Waals surface area contributed by atoms with Crippen molar-refractivity contribution in [3.8, 4) is 22.8 Å². The van der Waals surface area contributed by atoms with Crippen LogP contribution in [0.15, 0.2) is 83.7 Å². The van der Waals surface area contributed by atoms with Crippen LogP contribution >= 0.6 is 0 Å². The standard InChI is InChI=1S/C23H18F3N2O/c1-16-4-8-18(9-5-16)21-13-27-22(29-21)19-3-2-12-28(15-19)14-17-6-10-20(11-7-17)23(24,25)26/h2-13,15H,14H2,1H3/q+1. The van der Waals surface area contributed by atoms with E-state index in [9.17, 15) is 13.2 Å². The lowest BCUT2D eigenvalue weighted by Gasteiger charge is -2.06. The molecule has 0 spiro atoms. The molecule has 2 aromatic carbocycles. The molecule has 0 amide bonds. The number of aryl methyl sites for hydroxylation is 1. The number of alkyl halides is 3. The summed E-state index contributed by atoms with van der Waals surface area (Å²) in [5, 5.41) is 0. The van der Waals surface area contributed by atoms with E-state index in [0.717, 1.165) is 28.8 Å². The Morgan fingerprint density at radius 2 is 1.66 bits per heavy atom. The summed E-state index contributed by atoms with van der Waals surface area (Å²) in [5.41, 5.74) is 3.03. The van der Waals surface area contributed by atoms with Crippen LogP contribution in [0.3, 0.4) is 0 Å². The van der Waals surface area contributed by atoms with E-state index < -0.39 is 11.7 Å². The number of rotatable bonds is 4. The molecule has 29 heavy (non-hydrogen) atoms. The van der Waals surface area contributed by atoms with Crippen molar-refractivity contribution in [2.24, 2.45) is 0 Å². The maximum atomic E-state index is 12.7. The second kappa shape index (κ2) is 7.54. The highest BCUT2D eigenvalue weighted by molar-refractivity contribution is 5.60. The largest absolute Gasteiger partial charge is 0.436 e. The maximum absolute atomic E-state index is 12.7. The SMILES string of the molecule is Cc1ccc(-c2cnc(-c3ccc[n+](Cc4ccc(C(F)(F)F)cc4)c3)o2)cc1. The molecule has 2 aromatic heterocycles. The Balaban J connectivity index is 1.54. The first kappa shape index (κ1) is 18.9. The van der Waals surface area contributed by atoms with E-state index in [0.29, 0.717) is 18.2 Å². The van der Waals surface area contributed by atoms with Gasteiger partial charge in [-0.2, -0.15) is 17.7 Å². The van der Waals surface area contributed by atoms with Crippen LogP contribution in [0.25, 0.3) is 22.8 Å². The Labute approximate surface area is 166 Å². The van der Waals surface area contributed by atoms with Crippen LogP contribution < -0.4 is 4.57 Å². The fraction of sp³-hybridized carbons (Fsp3) is 0.130. The molecule has 0 N–H and O–H groups in total. The fourth-order valence-corrected chi connectivity index (χ4v) is 3.02. The third kappa shape index (κ3) is 4.37. The molecule has 2 heterocycles. The zero-order valence-electron chi connectivity index (χ0n) is 15.6. The lowest BCUT2D eigenvalue weighted by atomic mass is 10.1. The normalized spacial score (nSPS) is 11.6. The zero-order chi connectivity index (χ0) is 20.4. The lowest BCUT2D eigenvalue weighted by Crippen LogP contribution is -2.33. The van der Waals surface area contributed by atoms with Crippen molar-refractivity contribution in [2.75, 3.05) is 0 Å². The molecular weight excluding hydrogens is 377 g/mol. The highest BCUT2D eigenvalue weighted by atomic mass is 19.4. The van der Waals surface area contributed by atoms with Crippen LogP contribution in [0.4, 0.5) is 13.2 Å². The number of pyridine rings is 1. The van der Waals surface area contributed by atoms with Gasteiger partial charge in [-0.1, -0.05) is 42.0 Å². The van der Waals surface area contributed by atoms with Gasteiger partial charge in [-0.15, -0.1) is 0 Å². The third-order valence-corrected chi connectivity index (χ3v) is 4.59. The quantitative estimate of drug-likeness (QED) is 0.417. The van der Waals surface area contributed by atoms with E-state index in [1.165, 1.54) is 17.7 Å². The second-order valence-corrected chi connectivity index (χ2v) is 6.86. The molecule has 4 rings (SSSR count). The highest BCUT2D eigenvalue weighted by Crippen LogP contribution is 2.29. The van der Waals surface area contributed by atoms with Crippen LogP contribution in [0, 0.1) is 6.92 Å². The number of benzene rings is 2. The van der Waals surface area contributed by atoms with Crippen molar-refractivity contribution >= 4 is 0 Å². The summed E-state index contributed by atoms with van der Waals surface area (Å²) in [6.45, 7) is 2.46. The van der Waals surface area contributed by atoms with E-state index in [1.807, 2.05) is 60.3 Å². The van der Waals surface area contributed by atoms with Gasteiger partial charge in [0.15, 0.2) is 24.7 Å². The summed E-state index contributed by atoms with van der Waals surface area (Å²) in [5.74, 6) is 1.17. The van der Waals surface area contributed by atoms with Gasteiger partial charge in [0, 0.05) is 17.2 Å². The van der Waals surface area contributed by atoms with Gasteiger partial charge in [-0.05, 0) is 25.1 Å². The van der Waals surface area contributed by atoms with Crippen molar-refractivity contribution < 1.29 is 22.2 Å². The molecule has 0 bridgehead atoms. The monoisotopic (exact) mass is 395 g/mol. The first-order chi connectivity index (χ1) is 13.9. The van der Waals surface area contributed by atoms with Crippen LogP contribution in [-0.2, 0) is 12.7 Å². The van der Waals surface area contributed by atoms with Gasteiger partial charge in [0.25, 0.3) is 0 Å². The number of nitrogens with zero attached hydrogens (tertiary/aromatic N) is 2. The second-order valence-electron chi connectivity index (χ2n) is 6.86. The van der Waals surface area contributed by atoms with Crippen LogP contribution in [0.5, 0.6) is 0 Å². The lowest BCUT2D eigenvalue weighted by molar-refractivity contribution is -0.687. The molecule has 146 valence electrons. The minimum Gasteiger partial charge on any atom is -0.436 e. The Hall–Kier alpha value is -3.41. The Morgan fingerprint density at radius 1 is 0.931 bits per heavy atom. The maximum Gasteiger partial charge on any atom is 0.416 e.